The summed E-state index contributed by atoms with van der Waals surface area (Å²) in [6.45, 7) is 0.0824. The molecule has 1 atom stereocenters. The summed E-state index contributed by atoms with van der Waals surface area (Å²) in [5.74, 6) is -0.253. The Kier molecular flexibility index (Phi) is 9.50. The molecular weight excluding hydrogens is 506 g/mol. The van der Waals surface area contributed by atoms with Gasteiger partial charge in [0, 0.05) is 19.3 Å². The second kappa shape index (κ2) is 13.6. The van der Waals surface area contributed by atoms with Crippen LogP contribution in [0.1, 0.15) is 27.5 Å². The number of rotatable bonds is 11. The summed E-state index contributed by atoms with van der Waals surface area (Å²) in [5, 5.41) is 5.62. The van der Waals surface area contributed by atoms with E-state index < -0.39 is 11.9 Å². The van der Waals surface area contributed by atoms with Crippen LogP contribution in [0, 0.1) is 0 Å². The van der Waals surface area contributed by atoms with Crippen LogP contribution in [0.15, 0.2) is 109 Å². The summed E-state index contributed by atoms with van der Waals surface area (Å²) in [6, 6.07) is 31.3. The molecule has 0 aromatic heterocycles. The lowest BCUT2D eigenvalue weighted by atomic mass is 10.0. The molecule has 0 spiro atoms. The SMILES string of the molecule is COc1ccc(NC(=O)COc2ccccc2C(=O)N[C@@H](C(=O)N(C)Cc2ccccc2)c2ccccc2)cc1. The molecule has 0 heterocycles. The summed E-state index contributed by atoms with van der Waals surface area (Å²) >= 11 is 0. The van der Waals surface area contributed by atoms with E-state index in [1.54, 1.807) is 79.7 Å². The molecule has 0 unspecified atom stereocenters. The van der Waals surface area contributed by atoms with Crippen molar-refractivity contribution in [2.75, 3.05) is 26.1 Å². The Morgan fingerprint density at radius 1 is 0.800 bits per heavy atom. The van der Waals surface area contributed by atoms with Crippen LogP contribution in [0.25, 0.3) is 0 Å². The maximum Gasteiger partial charge on any atom is 0.262 e. The fraction of sp³-hybridized carbons (Fsp3) is 0.156. The maximum absolute atomic E-state index is 13.5. The first-order valence-corrected chi connectivity index (χ1v) is 12.7. The normalized spacial score (nSPS) is 11.2. The van der Waals surface area contributed by atoms with Crippen LogP contribution >= 0.6 is 0 Å². The molecule has 2 N–H and O–H groups in total. The Labute approximate surface area is 233 Å². The van der Waals surface area contributed by atoms with Gasteiger partial charge in [-0.2, -0.15) is 0 Å². The Morgan fingerprint density at radius 3 is 2.10 bits per heavy atom. The van der Waals surface area contributed by atoms with Gasteiger partial charge in [0.15, 0.2) is 6.61 Å². The monoisotopic (exact) mass is 537 g/mol. The predicted molar refractivity (Wildman–Crippen MR) is 153 cm³/mol. The first-order chi connectivity index (χ1) is 19.4. The average molecular weight is 538 g/mol. The van der Waals surface area contributed by atoms with Crippen LogP contribution in [0.3, 0.4) is 0 Å². The second-order valence-corrected chi connectivity index (χ2v) is 9.06. The van der Waals surface area contributed by atoms with Crippen LogP contribution in [0.2, 0.25) is 0 Å². The van der Waals surface area contributed by atoms with E-state index in [-0.39, 0.29) is 29.7 Å². The molecule has 4 aromatic rings. The van der Waals surface area contributed by atoms with E-state index in [4.69, 9.17) is 9.47 Å². The Balaban J connectivity index is 1.46. The fourth-order valence-corrected chi connectivity index (χ4v) is 4.09. The van der Waals surface area contributed by atoms with Gasteiger partial charge in [0.1, 0.15) is 17.5 Å². The van der Waals surface area contributed by atoms with E-state index >= 15 is 0 Å². The van der Waals surface area contributed by atoms with E-state index in [1.165, 1.54) is 0 Å². The van der Waals surface area contributed by atoms with Gasteiger partial charge >= 0.3 is 0 Å². The van der Waals surface area contributed by atoms with Crippen molar-refractivity contribution >= 4 is 23.4 Å². The topological polar surface area (TPSA) is 97.0 Å². The van der Waals surface area contributed by atoms with E-state index in [1.807, 2.05) is 48.5 Å². The van der Waals surface area contributed by atoms with E-state index in [9.17, 15) is 14.4 Å². The van der Waals surface area contributed by atoms with Gasteiger partial charge in [-0.1, -0.05) is 72.8 Å². The third-order valence-electron chi connectivity index (χ3n) is 6.16. The predicted octanol–water partition coefficient (Wildman–Crippen LogP) is 4.84. The average Bonchev–Trinajstić information content (AvgIpc) is 3.00. The number of para-hydroxylation sites is 1. The van der Waals surface area contributed by atoms with E-state index in [0.29, 0.717) is 23.5 Å². The molecule has 0 aliphatic carbocycles. The zero-order chi connectivity index (χ0) is 28.3. The molecule has 8 heteroatoms. The number of methoxy groups -OCH3 is 1. The third-order valence-corrected chi connectivity index (χ3v) is 6.16. The molecule has 0 saturated heterocycles. The Morgan fingerprint density at radius 2 is 1.43 bits per heavy atom. The number of carbonyl (C=O) groups excluding carboxylic acids is 3. The number of hydrogen-bond acceptors (Lipinski definition) is 5. The van der Waals surface area contributed by atoms with Gasteiger partial charge in [-0.25, -0.2) is 0 Å². The van der Waals surface area contributed by atoms with E-state index in [2.05, 4.69) is 10.6 Å². The number of carbonyl (C=O) groups is 3. The molecule has 8 nitrogen and oxygen atoms in total. The summed E-state index contributed by atoms with van der Waals surface area (Å²) in [4.78, 5) is 41.1. The zero-order valence-corrected chi connectivity index (χ0v) is 22.4. The minimum Gasteiger partial charge on any atom is -0.497 e. The van der Waals surface area contributed by atoms with Gasteiger partial charge in [0.05, 0.1) is 12.7 Å². The quantitative estimate of drug-likeness (QED) is 0.285. The molecule has 0 radical (unpaired) electrons. The largest absolute Gasteiger partial charge is 0.497 e. The molecule has 4 aromatic carbocycles. The molecule has 0 saturated carbocycles. The minimum absolute atomic E-state index is 0.208. The highest BCUT2D eigenvalue weighted by Gasteiger charge is 2.27. The van der Waals surface area contributed by atoms with Crippen molar-refractivity contribution in [3.8, 4) is 11.5 Å². The highest BCUT2D eigenvalue weighted by Crippen LogP contribution is 2.22. The summed E-state index contributed by atoms with van der Waals surface area (Å²) < 4.78 is 10.8. The second-order valence-electron chi connectivity index (χ2n) is 9.06. The molecule has 204 valence electrons. The molecule has 0 aliphatic heterocycles. The first-order valence-electron chi connectivity index (χ1n) is 12.7. The molecule has 40 heavy (non-hydrogen) atoms. The van der Waals surface area contributed by atoms with Crippen molar-refractivity contribution < 1.29 is 23.9 Å². The number of anilines is 1. The molecular formula is C32H31N3O5. The smallest absolute Gasteiger partial charge is 0.262 e. The Hall–Kier alpha value is -5.11. The molecule has 3 amide bonds. The van der Waals surface area contributed by atoms with E-state index in [0.717, 1.165) is 5.56 Å². The maximum atomic E-state index is 13.5. The van der Waals surface area contributed by atoms with Gasteiger partial charge in [-0.3, -0.25) is 14.4 Å². The van der Waals surface area contributed by atoms with Crippen LogP contribution < -0.4 is 20.1 Å². The number of likely N-dealkylation sites (N-methyl/N-ethyl adjacent to an activating group) is 1. The number of nitrogens with one attached hydrogen (secondary N) is 2. The fourth-order valence-electron chi connectivity index (χ4n) is 4.09. The Bertz CT molecular complexity index is 1430. The summed E-state index contributed by atoms with van der Waals surface area (Å²) in [7, 11) is 3.27. The van der Waals surface area contributed by atoms with Crippen molar-refractivity contribution in [1.82, 2.24) is 10.2 Å². The van der Waals surface area contributed by atoms with Crippen LogP contribution in [0.5, 0.6) is 11.5 Å². The lowest BCUT2D eigenvalue weighted by Gasteiger charge is -2.25. The lowest BCUT2D eigenvalue weighted by Crippen LogP contribution is -2.41. The molecule has 0 fully saturated rings. The highest BCUT2D eigenvalue weighted by molar-refractivity contribution is 6.00. The summed E-state index contributed by atoms with van der Waals surface area (Å²) in [6.07, 6.45) is 0. The van der Waals surface area contributed by atoms with Gasteiger partial charge in [-0.15, -0.1) is 0 Å². The zero-order valence-electron chi connectivity index (χ0n) is 22.4. The lowest BCUT2D eigenvalue weighted by molar-refractivity contribution is -0.132. The molecule has 0 aliphatic rings. The standard InChI is InChI=1S/C32H31N3O5/c1-35(21-23-11-5-3-6-12-23)32(38)30(24-13-7-4-8-14-24)34-31(37)27-15-9-10-16-28(27)40-22-29(36)33-25-17-19-26(39-2)20-18-25/h3-20,30H,21-22H2,1-2H3,(H,33,36)(H,34,37)/t30-/m1/s1. The van der Waals surface area contributed by atoms with Gasteiger partial charge in [-0.05, 0) is 47.5 Å². The summed E-state index contributed by atoms with van der Waals surface area (Å²) in [5.41, 5.74) is 2.42. The number of hydrogen-bond donors (Lipinski definition) is 2. The molecule has 0 bridgehead atoms. The number of benzene rings is 4. The number of nitrogens with zero attached hydrogens (tertiary/aromatic N) is 1. The van der Waals surface area contributed by atoms with Gasteiger partial charge in [0.25, 0.3) is 11.8 Å². The highest BCUT2D eigenvalue weighted by atomic mass is 16.5. The minimum atomic E-state index is -0.922. The third kappa shape index (κ3) is 7.48. The van der Waals surface area contributed by atoms with Crippen molar-refractivity contribution in [3.05, 3.63) is 126 Å². The van der Waals surface area contributed by atoms with Crippen molar-refractivity contribution in [2.24, 2.45) is 0 Å². The van der Waals surface area contributed by atoms with Gasteiger partial charge in [0.2, 0.25) is 5.91 Å². The van der Waals surface area contributed by atoms with Gasteiger partial charge < -0.3 is 25.0 Å². The van der Waals surface area contributed by atoms with Crippen LogP contribution in [0.4, 0.5) is 5.69 Å². The van der Waals surface area contributed by atoms with Crippen LogP contribution in [-0.2, 0) is 16.1 Å². The number of amides is 3. The van der Waals surface area contributed by atoms with Crippen molar-refractivity contribution in [2.45, 2.75) is 12.6 Å². The van der Waals surface area contributed by atoms with Crippen molar-refractivity contribution in [3.63, 3.8) is 0 Å². The van der Waals surface area contributed by atoms with Crippen molar-refractivity contribution in [1.29, 1.82) is 0 Å². The van der Waals surface area contributed by atoms with Crippen LogP contribution in [-0.4, -0.2) is 43.4 Å². The number of ether oxygens (including phenoxy) is 2. The first kappa shape index (κ1) is 27.9. The molecule has 4 rings (SSSR count).